The molecule has 2 aromatic rings. The molecule has 2 rings (SSSR count). The molecule has 92 valence electrons. The van der Waals surface area contributed by atoms with E-state index in [0.29, 0.717) is 12.8 Å². The van der Waals surface area contributed by atoms with Crippen LogP contribution in [0.3, 0.4) is 0 Å². The van der Waals surface area contributed by atoms with Crippen molar-refractivity contribution in [3.63, 3.8) is 0 Å². The number of hydrogen-bond acceptors (Lipinski definition) is 2. The van der Waals surface area contributed by atoms with Crippen LogP contribution in [0.2, 0.25) is 0 Å². The van der Waals surface area contributed by atoms with Crippen molar-refractivity contribution in [3.8, 4) is 11.1 Å². The Kier molecular flexibility index (Phi) is 3.88. The second-order valence-electron chi connectivity index (χ2n) is 4.45. The van der Waals surface area contributed by atoms with Crippen molar-refractivity contribution in [2.45, 2.75) is 26.7 Å². The molecule has 1 aromatic heterocycles. The van der Waals surface area contributed by atoms with Crippen molar-refractivity contribution >= 4 is 5.78 Å². The van der Waals surface area contributed by atoms with E-state index in [1.165, 1.54) is 0 Å². The molecule has 1 heterocycles. The zero-order valence-electron chi connectivity index (χ0n) is 10.8. The lowest BCUT2D eigenvalue weighted by Gasteiger charge is -2.04. The Hall–Kier alpha value is -1.96. The monoisotopic (exact) mass is 239 g/mol. The van der Waals surface area contributed by atoms with Crippen LogP contribution < -0.4 is 0 Å². The van der Waals surface area contributed by atoms with Gasteiger partial charge < -0.3 is 0 Å². The summed E-state index contributed by atoms with van der Waals surface area (Å²) in [5.41, 5.74) is 4.41. The number of hydrogen-bond donors (Lipinski definition) is 0. The quantitative estimate of drug-likeness (QED) is 0.816. The van der Waals surface area contributed by atoms with Crippen LogP contribution in [-0.4, -0.2) is 10.8 Å². The number of aromatic nitrogens is 1. The van der Waals surface area contributed by atoms with Crippen molar-refractivity contribution in [1.29, 1.82) is 0 Å². The van der Waals surface area contributed by atoms with Gasteiger partial charge in [0, 0.05) is 24.7 Å². The molecule has 0 unspecified atom stereocenters. The highest BCUT2D eigenvalue weighted by Crippen LogP contribution is 2.20. The van der Waals surface area contributed by atoms with Gasteiger partial charge in [-0.1, -0.05) is 31.2 Å². The first kappa shape index (κ1) is 12.5. The zero-order valence-corrected chi connectivity index (χ0v) is 10.8. The van der Waals surface area contributed by atoms with Gasteiger partial charge in [-0.15, -0.1) is 0 Å². The van der Waals surface area contributed by atoms with Crippen LogP contribution in [-0.2, 0) is 11.2 Å². The minimum atomic E-state index is 0.280. The number of aryl methyl sites for hydroxylation is 1. The minimum Gasteiger partial charge on any atom is -0.299 e. The molecule has 0 aliphatic carbocycles. The number of ketones is 1. The molecular formula is C16H17NO. The van der Waals surface area contributed by atoms with Gasteiger partial charge in [0.25, 0.3) is 0 Å². The molecule has 2 heteroatoms. The lowest BCUT2D eigenvalue weighted by molar-refractivity contribution is -0.118. The summed E-state index contributed by atoms with van der Waals surface area (Å²) in [4.78, 5) is 15.6. The van der Waals surface area contributed by atoms with Crippen molar-refractivity contribution < 1.29 is 4.79 Å². The third kappa shape index (κ3) is 3.04. The summed E-state index contributed by atoms with van der Waals surface area (Å²) in [5.74, 6) is 0.280. The topological polar surface area (TPSA) is 30.0 Å². The van der Waals surface area contributed by atoms with Crippen LogP contribution in [0.25, 0.3) is 11.1 Å². The molecule has 0 radical (unpaired) electrons. The van der Waals surface area contributed by atoms with E-state index < -0.39 is 0 Å². The summed E-state index contributed by atoms with van der Waals surface area (Å²) < 4.78 is 0. The van der Waals surface area contributed by atoms with Crippen LogP contribution >= 0.6 is 0 Å². The highest BCUT2D eigenvalue weighted by atomic mass is 16.1. The Balaban J connectivity index is 2.19. The third-order valence-corrected chi connectivity index (χ3v) is 2.98. The van der Waals surface area contributed by atoms with E-state index in [2.05, 4.69) is 23.2 Å². The number of rotatable bonds is 4. The fourth-order valence-corrected chi connectivity index (χ4v) is 1.89. The Morgan fingerprint density at radius 1 is 1.11 bits per heavy atom. The molecule has 0 aliphatic rings. The average molecular weight is 239 g/mol. The van der Waals surface area contributed by atoms with Gasteiger partial charge >= 0.3 is 0 Å². The summed E-state index contributed by atoms with van der Waals surface area (Å²) in [6, 6.07) is 12.2. The van der Waals surface area contributed by atoms with Gasteiger partial charge in [-0.05, 0) is 35.7 Å². The maximum atomic E-state index is 11.4. The molecule has 18 heavy (non-hydrogen) atoms. The van der Waals surface area contributed by atoms with Crippen molar-refractivity contribution in [2.75, 3.05) is 0 Å². The molecule has 0 spiro atoms. The van der Waals surface area contributed by atoms with Crippen molar-refractivity contribution in [3.05, 3.63) is 53.9 Å². The van der Waals surface area contributed by atoms with Gasteiger partial charge in [-0.3, -0.25) is 9.78 Å². The molecule has 0 atom stereocenters. The van der Waals surface area contributed by atoms with Crippen LogP contribution in [0.1, 0.15) is 24.6 Å². The fraction of sp³-hybridized carbons (Fsp3) is 0.250. The summed E-state index contributed by atoms with van der Waals surface area (Å²) in [5, 5.41) is 0. The minimum absolute atomic E-state index is 0.280. The van der Waals surface area contributed by atoms with E-state index in [0.717, 1.165) is 22.4 Å². The molecular weight excluding hydrogens is 222 g/mol. The Bertz CT molecular complexity index is 543. The first-order valence-corrected chi connectivity index (χ1v) is 6.22. The second-order valence-corrected chi connectivity index (χ2v) is 4.45. The number of pyridine rings is 1. The van der Waals surface area contributed by atoms with Crippen molar-refractivity contribution in [2.24, 2.45) is 0 Å². The van der Waals surface area contributed by atoms with Gasteiger partial charge in [-0.25, -0.2) is 0 Å². The number of carbonyl (C=O) groups excluding carboxylic acids is 1. The molecule has 0 saturated heterocycles. The number of Topliss-reactive ketones (excluding diaryl/α,β-unsaturated/α-hetero) is 1. The maximum Gasteiger partial charge on any atom is 0.136 e. The van der Waals surface area contributed by atoms with Gasteiger partial charge in [0.15, 0.2) is 0 Å². The van der Waals surface area contributed by atoms with Crippen LogP contribution in [0, 0.1) is 6.92 Å². The van der Waals surface area contributed by atoms with Crippen LogP contribution in [0.4, 0.5) is 0 Å². The average Bonchev–Trinajstić information content (AvgIpc) is 2.39. The van der Waals surface area contributed by atoms with Gasteiger partial charge in [-0.2, -0.15) is 0 Å². The van der Waals surface area contributed by atoms with Gasteiger partial charge in [0.1, 0.15) is 5.78 Å². The summed E-state index contributed by atoms with van der Waals surface area (Å²) in [7, 11) is 0. The molecule has 0 N–H and O–H groups in total. The lowest BCUT2D eigenvalue weighted by atomic mass is 10.0. The molecule has 0 bridgehead atoms. The van der Waals surface area contributed by atoms with E-state index in [9.17, 15) is 4.79 Å². The molecule has 0 fully saturated rings. The Morgan fingerprint density at radius 3 is 2.44 bits per heavy atom. The van der Waals surface area contributed by atoms with E-state index in [1.54, 1.807) is 0 Å². The number of benzene rings is 1. The van der Waals surface area contributed by atoms with Crippen LogP contribution in [0.15, 0.2) is 42.6 Å². The summed E-state index contributed by atoms with van der Waals surface area (Å²) in [6.07, 6.45) is 2.96. The molecule has 0 amide bonds. The zero-order chi connectivity index (χ0) is 13.0. The van der Waals surface area contributed by atoms with E-state index in [4.69, 9.17) is 0 Å². The molecule has 1 aromatic carbocycles. The Morgan fingerprint density at radius 2 is 1.83 bits per heavy atom. The molecule has 0 aliphatic heterocycles. The lowest BCUT2D eigenvalue weighted by Crippen LogP contribution is -1.99. The fourth-order valence-electron chi connectivity index (χ4n) is 1.89. The van der Waals surface area contributed by atoms with Gasteiger partial charge in [0.05, 0.1) is 0 Å². The largest absolute Gasteiger partial charge is 0.299 e. The standard InChI is InChI=1S/C16H17NO/c1-3-16(18)11-13-4-6-14(7-5-13)15-8-9-17-12(2)10-15/h4-10H,3,11H2,1-2H3. The highest BCUT2D eigenvalue weighted by Gasteiger charge is 2.02. The SMILES string of the molecule is CCC(=O)Cc1ccc(-c2ccnc(C)c2)cc1. The molecule has 2 nitrogen and oxygen atoms in total. The first-order valence-electron chi connectivity index (χ1n) is 6.22. The summed E-state index contributed by atoms with van der Waals surface area (Å²) in [6.45, 7) is 3.88. The smallest absolute Gasteiger partial charge is 0.136 e. The second kappa shape index (κ2) is 5.58. The third-order valence-electron chi connectivity index (χ3n) is 2.98. The first-order chi connectivity index (χ1) is 8.69. The van der Waals surface area contributed by atoms with E-state index in [-0.39, 0.29) is 5.78 Å². The predicted octanol–water partition coefficient (Wildman–Crippen LogP) is 3.58. The van der Waals surface area contributed by atoms with Crippen LogP contribution in [0.5, 0.6) is 0 Å². The normalized spacial score (nSPS) is 10.3. The number of carbonyl (C=O) groups is 1. The van der Waals surface area contributed by atoms with E-state index >= 15 is 0 Å². The summed E-state index contributed by atoms with van der Waals surface area (Å²) >= 11 is 0. The molecule has 0 saturated carbocycles. The van der Waals surface area contributed by atoms with Crippen molar-refractivity contribution in [1.82, 2.24) is 4.98 Å². The maximum absolute atomic E-state index is 11.4. The van der Waals surface area contributed by atoms with E-state index in [1.807, 2.05) is 38.2 Å². The van der Waals surface area contributed by atoms with Gasteiger partial charge in [0.2, 0.25) is 0 Å². The predicted molar refractivity (Wildman–Crippen MR) is 73.4 cm³/mol. The number of nitrogens with zero attached hydrogens (tertiary/aromatic N) is 1. The highest BCUT2D eigenvalue weighted by molar-refractivity contribution is 5.80. The Labute approximate surface area is 108 Å².